The first-order chi connectivity index (χ1) is 9.45. The summed E-state index contributed by atoms with van der Waals surface area (Å²) in [4.78, 5) is 12.5. The zero-order valence-corrected chi connectivity index (χ0v) is 12.1. The minimum Gasteiger partial charge on any atom is -0.493 e. The molecule has 0 atom stereocenters. The van der Waals surface area contributed by atoms with Crippen LogP contribution in [0, 0.1) is 5.82 Å². The fourth-order valence-electron chi connectivity index (χ4n) is 1.90. The second kappa shape index (κ2) is 5.63. The van der Waals surface area contributed by atoms with E-state index >= 15 is 0 Å². The minimum absolute atomic E-state index is 0.0555. The Labute approximate surface area is 121 Å². The van der Waals surface area contributed by atoms with E-state index in [4.69, 9.17) is 16.3 Å². The highest BCUT2D eigenvalue weighted by atomic mass is 35.5. The molecule has 0 saturated heterocycles. The van der Waals surface area contributed by atoms with E-state index in [-0.39, 0.29) is 17.3 Å². The van der Waals surface area contributed by atoms with Crippen LogP contribution in [0.4, 0.5) is 4.39 Å². The van der Waals surface area contributed by atoms with Gasteiger partial charge in [0.2, 0.25) is 5.78 Å². The second-order valence-electron chi connectivity index (χ2n) is 4.55. The van der Waals surface area contributed by atoms with Crippen molar-refractivity contribution >= 4 is 17.4 Å². The predicted octanol–water partition coefficient (Wildman–Crippen LogP) is 3.50. The van der Waals surface area contributed by atoms with Gasteiger partial charge in [-0.25, -0.2) is 4.39 Å². The summed E-state index contributed by atoms with van der Waals surface area (Å²) in [5.74, 6) is -0.825. The largest absolute Gasteiger partial charge is 0.493 e. The maximum Gasteiger partial charge on any atom is 0.217 e. The molecule has 1 aromatic carbocycles. The summed E-state index contributed by atoms with van der Waals surface area (Å²) < 4.78 is 20.5. The number of methoxy groups -OCH3 is 1. The summed E-state index contributed by atoms with van der Waals surface area (Å²) in [5, 5.41) is 4.40. The first-order valence-corrected chi connectivity index (χ1v) is 6.44. The Morgan fingerprint density at radius 1 is 1.45 bits per heavy atom. The highest BCUT2D eigenvalue weighted by Gasteiger charge is 2.24. The summed E-state index contributed by atoms with van der Waals surface area (Å²) >= 11 is 5.83. The smallest absolute Gasteiger partial charge is 0.217 e. The van der Waals surface area contributed by atoms with Gasteiger partial charge in [-0.2, -0.15) is 5.10 Å². The third-order valence-electron chi connectivity index (χ3n) is 2.86. The van der Waals surface area contributed by atoms with Gasteiger partial charge >= 0.3 is 0 Å². The fraction of sp³-hybridized carbons (Fsp3) is 0.286. The number of benzene rings is 1. The molecule has 0 N–H and O–H groups in total. The normalized spacial score (nSPS) is 10.9. The van der Waals surface area contributed by atoms with Crippen LogP contribution in [-0.2, 0) is 0 Å². The molecule has 2 aromatic rings. The Balaban J connectivity index is 2.58. The zero-order valence-electron chi connectivity index (χ0n) is 11.4. The molecule has 0 unspecified atom stereocenters. The topological polar surface area (TPSA) is 44.1 Å². The van der Waals surface area contributed by atoms with Crippen molar-refractivity contribution in [2.75, 3.05) is 7.11 Å². The lowest BCUT2D eigenvalue weighted by molar-refractivity contribution is 0.102. The molecule has 4 nitrogen and oxygen atoms in total. The lowest BCUT2D eigenvalue weighted by Crippen LogP contribution is -2.15. The number of ether oxygens (including phenoxy) is 1. The van der Waals surface area contributed by atoms with Gasteiger partial charge in [-0.05, 0) is 32.0 Å². The number of ketones is 1. The van der Waals surface area contributed by atoms with Gasteiger partial charge in [-0.3, -0.25) is 9.48 Å². The SMILES string of the molecule is COc1cnn(C(C)C)c1C(=O)c1cc(Cl)ccc1F. The van der Waals surface area contributed by atoms with Gasteiger partial charge in [0.15, 0.2) is 11.4 Å². The highest BCUT2D eigenvalue weighted by molar-refractivity contribution is 6.31. The predicted molar refractivity (Wildman–Crippen MR) is 74.0 cm³/mol. The van der Waals surface area contributed by atoms with Crippen molar-refractivity contribution in [3.8, 4) is 5.75 Å². The maximum absolute atomic E-state index is 13.8. The highest BCUT2D eigenvalue weighted by Crippen LogP contribution is 2.26. The Bertz CT molecular complexity index is 653. The van der Waals surface area contributed by atoms with Gasteiger partial charge in [0.05, 0.1) is 18.9 Å². The lowest BCUT2D eigenvalue weighted by Gasteiger charge is -2.11. The number of carbonyl (C=O) groups excluding carboxylic acids is 1. The van der Waals surface area contributed by atoms with E-state index in [9.17, 15) is 9.18 Å². The Kier molecular flexibility index (Phi) is 4.09. The standard InChI is InChI=1S/C14H14ClFN2O2/c1-8(2)18-13(12(20-3)7-17-18)14(19)10-6-9(15)4-5-11(10)16/h4-8H,1-3H3. The lowest BCUT2D eigenvalue weighted by atomic mass is 10.1. The first kappa shape index (κ1) is 14.5. The van der Waals surface area contributed by atoms with Crippen molar-refractivity contribution in [1.29, 1.82) is 0 Å². The maximum atomic E-state index is 13.8. The van der Waals surface area contributed by atoms with Crippen molar-refractivity contribution < 1.29 is 13.9 Å². The van der Waals surface area contributed by atoms with Crippen LogP contribution in [-0.4, -0.2) is 22.7 Å². The van der Waals surface area contributed by atoms with Gasteiger partial charge < -0.3 is 4.74 Å². The first-order valence-electron chi connectivity index (χ1n) is 6.07. The van der Waals surface area contributed by atoms with Crippen LogP contribution < -0.4 is 4.74 Å². The fourth-order valence-corrected chi connectivity index (χ4v) is 2.07. The molecule has 20 heavy (non-hydrogen) atoms. The average molecular weight is 297 g/mol. The van der Waals surface area contributed by atoms with Crippen molar-refractivity contribution in [3.05, 3.63) is 46.5 Å². The summed E-state index contributed by atoms with van der Waals surface area (Å²) in [6, 6.07) is 3.80. The van der Waals surface area contributed by atoms with E-state index in [2.05, 4.69) is 5.10 Å². The molecular formula is C14H14ClFN2O2. The Morgan fingerprint density at radius 3 is 2.75 bits per heavy atom. The molecule has 0 aliphatic rings. The van der Waals surface area contributed by atoms with Gasteiger partial charge in [-0.15, -0.1) is 0 Å². The number of hydrogen-bond acceptors (Lipinski definition) is 3. The summed E-state index contributed by atoms with van der Waals surface area (Å²) in [6.45, 7) is 3.75. The van der Waals surface area contributed by atoms with Gasteiger partial charge in [0, 0.05) is 11.1 Å². The Morgan fingerprint density at radius 2 is 2.15 bits per heavy atom. The molecule has 0 spiro atoms. The van der Waals surface area contributed by atoms with E-state index in [1.54, 1.807) is 0 Å². The van der Waals surface area contributed by atoms with Crippen LogP contribution >= 0.6 is 11.6 Å². The minimum atomic E-state index is -0.627. The quantitative estimate of drug-likeness (QED) is 0.811. The third kappa shape index (κ3) is 2.54. The molecule has 1 heterocycles. The number of halogens is 2. The average Bonchev–Trinajstić information content (AvgIpc) is 2.84. The molecule has 106 valence electrons. The van der Waals surface area contributed by atoms with Crippen LogP contribution in [0.3, 0.4) is 0 Å². The molecule has 1 aromatic heterocycles. The van der Waals surface area contributed by atoms with Crippen molar-refractivity contribution in [1.82, 2.24) is 9.78 Å². The zero-order chi connectivity index (χ0) is 14.9. The Hall–Kier alpha value is -1.88. The molecule has 0 amide bonds. The van der Waals surface area contributed by atoms with E-state index in [0.29, 0.717) is 10.8 Å². The third-order valence-corrected chi connectivity index (χ3v) is 3.09. The second-order valence-corrected chi connectivity index (χ2v) is 4.99. The molecule has 6 heteroatoms. The molecule has 0 fully saturated rings. The number of carbonyl (C=O) groups is 1. The number of aromatic nitrogens is 2. The summed E-state index contributed by atoms with van der Waals surface area (Å²) in [7, 11) is 1.44. The summed E-state index contributed by atoms with van der Waals surface area (Å²) in [6.07, 6.45) is 1.44. The van der Waals surface area contributed by atoms with Gasteiger partial charge in [0.1, 0.15) is 5.82 Å². The molecule has 0 saturated carbocycles. The van der Waals surface area contributed by atoms with Crippen LogP contribution in [0.2, 0.25) is 5.02 Å². The van der Waals surface area contributed by atoms with Crippen LogP contribution in [0.25, 0.3) is 0 Å². The van der Waals surface area contributed by atoms with Crippen LogP contribution in [0.1, 0.15) is 35.9 Å². The molecular weight excluding hydrogens is 283 g/mol. The molecule has 0 radical (unpaired) electrons. The summed E-state index contributed by atoms with van der Waals surface area (Å²) in [5.41, 5.74) is 0.113. The van der Waals surface area contributed by atoms with E-state index in [1.807, 2.05) is 13.8 Å². The van der Waals surface area contributed by atoms with Crippen LogP contribution in [0.5, 0.6) is 5.75 Å². The number of hydrogen-bond donors (Lipinski definition) is 0. The van der Waals surface area contributed by atoms with Crippen molar-refractivity contribution in [2.24, 2.45) is 0 Å². The van der Waals surface area contributed by atoms with E-state index in [0.717, 1.165) is 6.07 Å². The van der Waals surface area contributed by atoms with Crippen molar-refractivity contribution in [3.63, 3.8) is 0 Å². The van der Waals surface area contributed by atoms with Gasteiger partial charge in [0.25, 0.3) is 0 Å². The van der Waals surface area contributed by atoms with Gasteiger partial charge in [-0.1, -0.05) is 11.6 Å². The van der Waals surface area contributed by atoms with Crippen LogP contribution in [0.15, 0.2) is 24.4 Å². The van der Waals surface area contributed by atoms with E-state index in [1.165, 1.54) is 30.1 Å². The monoisotopic (exact) mass is 296 g/mol. The molecule has 2 rings (SSSR count). The molecule has 0 aliphatic carbocycles. The van der Waals surface area contributed by atoms with Crippen molar-refractivity contribution in [2.45, 2.75) is 19.9 Å². The van der Waals surface area contributed by atoms with E-state index < -0.39 is 11.6 Å². The molecule has 0 aliphatic heterocycles. The number of nitrogens with zero attached hydrogens (tertiary/aromatic N) is 2. The number of rotatable bonds is 4. The molecule has 0 bridgehead atoms.